The monoisotopic (exact) mass is 493 g/mol. The minimum atomic E-state index is -0.0906. The van der Waals surface area contributed by atoms with Crippen molar-refractivity contribution in [3.05, 3.63) is 77.7 Å². The van der Waals surface area contributed by atoms with Crippen LogP contribution < -0.4 is 10.2 Å². The fraction of sp³-hybridized carbons (Fsp3) is 0.310. The number of para-hydroxylation sites is 2. The van der Waals surface area contributed by atoms with Gasteiger partial charge in [0.15, 0.2) is 5.82 Å². The Morgan fingerprint density at radius 2 is 1.89 bits per heavy atom. The molecule has 8 nitrogen and oxygen atoms in total. The Kier molecular flexibility index (Phi) is 6.08. The Morgan fingerprint density at radius 1 is 1.08 bits per heavy atom. The highest BCUT2D eigenvalue weighted by Crippen LogP contribution is 2.31. The number of hydrogen-bond donors (Lipinski definition) is 2. The summed E-state index contributed by atoms with van der Waals surface area (Å²) in [6, 6.07) is 18.4. The van der Waals surface area contributed by atoms with E-state index in [0.29, 0.717) is 13.1 Å². The molecule has 1 aliphatic rings. The Morgan fingerprint density at radius 3 is 2.76 bits per heavy atom. The molecule has 6 rings (SSSR count). The quantitative estimate of drug-likeness (QED) is 0.364. The maximum Gasteiger partial charge on any atom is 0.224 e. The van der Waals surface area contributed by atoms with Gasteiger partial charge in [0.2, 0.25) is 5.91 Å². The number of carbonyl (C=O) groups is 1. The average molecular weight is 494 g/mol. The highest BCUT2D eigenvalue weighted by atomic mass is 16.1. The van der Waals surface area contributed by atoms with Crippen LogP contribution in [0, 0.1) is 19.8 Å². The SMILES string of the molecule is Cc1nnc(N2CCCC(C(=O)NCCc3c[nH]c4ccccc34)C2)c2nn(-c3ccccc3)c(C)c12. The number of anilines is 1. The molecule has 1 unspecified atom stereocenters. The molecule has 0 spiro atoms. The molecule has 1 fully saturated rings. The topological polar surface area (TPSA) is 91.7 Å². The van der Waals surface area contributed by atoms with Crippen molar-refractivity contribution in [3.8, 4) is 5.69 Å². The van der Waals surface area contributed by atoms with Gasteiger partial charge in [-0.1, -0.05) is 36.4 Å². The van der Waals surface area contributed by atoms with Gasteiger partial charge in [-0.3, -0.25) is 4.79 Å². The zero-order chi connectivity index (χ0) is 25.4. The van der Waals surface area contributed by atoms with Gasteiger partial charge in [-0.15, -0.1) is 5.10 Å². The van der Waals surface area contributed by atoms with Crippen LogP contribution in [0.25, 0.3) is 27.5 Å². The Balaban J connectivity index is 1.18. The van der Waals surface area contributed by atoms with Gasteiger partial charge in [-0.25, -0.2) is 4.68 Å². The number of aromatic nitrogens is 5. The van der Waals surface area contributed by atoms with Crippen LogP contribution in [0.15, 0.2) is 60.8 Å². The summed E-state index contributed by atoms with van der Waals surface area (Å²) in [6.07, 6.45) is 4.63. The maximum absolute atomic E-state index is 13.1. The van der Waals surface area contributed by atoms with Gasteiger partial charge in [-0.05, 0) is 56.9 Å². The van der Waals surface area contributed by atoms with Gasteiger partial charge in [0, 0.05) is 36.7 Å². The van der Waals surface area contributed by atoms with Gasteiger partial charge < -0.3 is 15.2 Å². The third-order valence-corrected chi connectivity index (χ3v) is 7.45. The molecule has 1 saturated heterocycles. The van der Waals surface area contributed by atoms with Crippen molar-refractivity contribution in [1.29, 1.82) is 0 Å². The number of nitrogens with zero attached hydrogens (tertiary/aromatic N) is 5. The molecule has 1 amide bonds. The smallest absolute Gasteiger partial charge is 0.224 e. The van der Waals surface area contributed by atoms with E-state index in [-0.39, 0.29) is 11.8 Å². The second kappa shape index (κ2) is 9.69. The van der Waals surface area contributed by atoms with Crippen LogP contribution in [0.4, 0.5) is 5.82 Å². The summed E-state index contributed by atoms with van der Waals surface area (Å²) in [5.74, 6) is 0.772. The first-order valence-corrected chi connectivity index (χ1v) is 13.0. The van der Waals surface area contributed by atoms with Crippen LogP contribution in [0.1, 0.15) is 29.8 Å². The van der Waals surface area contributed by atoms with Crippen molar-refractivity contribution < 1.29 is 4.79 Å². The largest absolute Gasteiger partial charge is 0.361 e. The number of aromatic amines is 1. The molecule has 1 atom stereocenters. The summed E-state index contributed by atoms with van der Waals surface area (Å²) in [4.78, 5) is 18.6. The second-order valence-electron chi connectivity index (χ2n) is 9.85. The van der Waals surface area contributed by atoms with Crippen molar-refractivity contribution in [3.63, 3.8) is 0 Å². The molecular formula is C29H31N7O. The van der Waals surface area contributed by atoms with Crippen LogP contribution in [0.5, 0.6) is 0 Å². The van der Waals surface area contributed by atoms with Crippen LogP contribution in [-0.2, 0) is 11.2 Å². The predicted octanol–water partition coefficient (Wildman–Crippen LogP) is 4.49. The number of benzene rings is 2. The van der Waals surface area contributed by atoms with Gasteiger partial charge in [-0.2, -0.15) is 10.2 Å². The first-order valence-electron chi connectivity index (χ1n) is 13.0. The van der Waals surface area contributed by atoms with Gasteiger partial charge >= 0.3 is 0 Å². The molecule has 1 aliphatic heterocycles. The highest BCUT2D eigenvalue weighted by Gasteiger charge is 2.29. The van der Waals surface area contributed by atoms with Gasteiger partial charge in [0.25, 0.3) is 0 Å². The lowest BCUT2D eigenvalue weighted by Crippen LogP contribution is -2.44. The Hall–Kier alpha value is -4.20. The summed E-state index contributed by atoms with van der Waals surface area (Å²) < 4.78 is 1.96. The maximum atomic E-state index is 13.1. The molecule has 0 saturated carbocycles. The minimum Gasteiger partial charge on any atom is -0.361 e. The third kappa shape index (κ3) is 4.33. The molecule has 3 aromatic heterocycles. The van der Waals surface area contributed by atoms with Crippen molar-refractivity contribution >= 4 is 33.5 Å². The van der Waals surface area contributed by atoms with E-state index in [2.05, 4.69) is 44.5 Å². The van der Waals surface area contributed by atoms with Crippen molar-refractivity contribution in [2.45, 2.75) is 33.1 Å². The summed E-state index contributed by atoms with van der Waals surface area (Å²) in [5, 5.41) is 19.4. The highest BCUT2D eigenvalue weighted by molar-refractivity contribution is 5.92. The van der Waals surface area contributed by atoms with E-state index >= 15 is 0 Å². The summed E-state index contributed by atoms with van der Waals surface area (Å²) in [5.41, 5.74) is 6.10. The fourth-order valence-electron chi connectivity index (χ4n) is 5.53. The lowest BCUT2D eigenvalue weighted by Gasteiger charge is -2.32. The summed E-state index contributed by atoms with van der Waals surface area (Å²) in [6.45, 7) is 6.11. The molecule has 8 heteroatoms. The van der Waals surface area contributed by atoms with E-state index in [1.54, 1.807) is 0 Å². The first kappa shape index (κ1) is 23.2. The lowest BCUT2D eigenvalue weighted by molar-refractivity contribution is -0.125. The van der Waals surface area contributed by atoms with Crippen LogP contribution in [0.3, 0.4) is 0 Å². The molecule has 188 valence electrons. The molecule has 2 aromatic carbocycles. The first-order chi connectivity index (χ1) is 18.1. The number of amides is 1. The number of aryl methyl sites for hydroxylation is 2. The number of hydrogen-bond acceptors (Lipinski definition) is 5. The molecule has 0 aliphatic carbocycles. The van der Waals surface area contributed by atoms with E-state index in [9.17, 15) is 4.79 Å². The third-order valence-electron chi connectivity index (χ3n) is 7.45. The molecular weight excluding hydrogens is 462 g/mol. The Labute approximate surface area is 215 Å². The summed E-state index contributed by atoms with van der Waals surface area (Å²) in [7, 11) is 0. The van der Waals surface area contributed by atoms with Crippen LogP contribution >= 0.6 is 0 Å². The number of carbonyl (C=O) groups excluding carboxylic acids is 1. The van der Waals surface area contributed by atoms with Crippen molar-refractivity contribution in [2.75, 3.05) is 24.5 Å². The number of fused-ring (bicyclic) bond motifs is 2. The molecule has 0 radical (unpaired) electrons. The molecule has 0 bridgehead atoms. The zero-order valence-electron chi connectivity index (χ0n) is 21.2. The van der Waals surface area contributed by atoms with E-state index < -0.39 is 0 Å². The Bertz CT molecular complexity index is 1570. The molecule has 37 heavy (non-hydrogen) atoms. The minimum absolute atomic E-state index is 0.0906. The predicted molar refractivity (Wildman–Crippen MR) is 146 cm³/mol. The fourth-order valence-corrected chi connectivity index (χ4v) is 5.53. The zero-order valence-corrected chi connectivity index (χ0v) is 21.2. The second-order valence-corrected chi connectivity index (χ2v) is 9.85. The van der Waals surface area contributed by atoms with E-state index in [0.717, 1.165) is 65.1 Å². The number of piperidine rings is 1. The van der Waals surface area contributed by atoms with Gasteiger partial charge in [0.05, 0.1) is 28.4 Å². The molecule has 5 aromatic rings. The molecule has 4 heterocycles. The number of rotatable bonds is 6. The molecule has 2 N–H and O–H groups in total. The van der Waals surface area contributed by atoms with E-state index in [4.69, 9.17) is 5.10 Å². The van der Waals surface area contributed by atoms with Gasteiger partial charge in [0.1, 0.15) is 5.52 Å². The van der Waals surface area contributed by atoms with Crippen LogP contribution in [-0.4, -0.2) is 50.5 Å². The van der Waals surface area contributed by atoms with Crippen LogP contribution in [0.2, 0.25) is 0 Å². The number of H-pyrrole nitrogens is 1. The van der Waals surface area contributed by atoms with E-state index in [1.165, 1.54) is 10.9 Å². The number of nitrogens with one attached hydrogen (secondary N) is 2. The average Bonchev–Trinajstić information content (AvgIpc) is 3.51. The van der Waals surface area contributed by atoms with Crippen molar-refractivity contribution in [2.24, 2.45) is 5.92 Å². The standard InChI is InChI=1S/C29H31N7O/c1-19-26-20(2)36(23-10-4-3-5-11-23)34-27(26)28(33-32-19)35-16-8-9-22(18-35)29(37)30-15-14-21-17-31-25-13-7-6-12-24(21)25/h3-7,10-13,17,22,31H,8-9,14-16,18H2,1-2H3,(H,30,37). The lowest BCUT2D eigenvalue weighted by atomic mass is 9.97. The normalized spacial score (nSPS) is 15.9. The van der Waals surface area contributed by atoms with Crippen molar-refractivity contribution in [1.82, 2.24) is 30.3 Å². The van der Waals surface area contributed by atoms with E-state index in [1.807, 2.05) is 60.3 Å². The summed E-state index contributed by atoms with van der Waals surface area (Å²) >= 11 is 0.